The van der Waals surface area contributed by atoms with E-state index in [1.54, 1.807) is 6.08 Å². The Balaban J connectivity index is 2.60. The zero-order valence-corrected chi connectivity index (χ0v) is 11.0. The summed E-state index contributed by atoms with van der Waals surface area (Å²) in [5.74, 6) is -0.216. The minimum absolute atomic E-state index is 0.161. The lowest BCUT2D eigenvalue weighted by atomic mass is 9.64. The molecule has 0 amide bonds. The molecule has 1 saturated carbocycles. The Bertz CT molecular complexity index is 278. The largest absolute Gasteiger partial charge is 0.463 e. The molecule has 0 spiro atoms. The second-order valence-corrected chi connectivity index (χ2v) is 5.93. The summed E-state index contributed by atoms with van der Waals surface area (Å²) < 4.78 is 4.90. The predicted octanol–water partition coefficient (Wildman–Crippen LogP) is 3.71. The molecule has 1 aliphatic carbocycles. The molecule has 0 aromatic carbocycles. The van der Waals surface area contributed by atoms with Gasteiger partial charge in [0.15, 0.2) is 0 Å². The van der Waals surface area contributed by atoms with E-state index in [1.807, 2.05) is 13.0 Å². The molecule has 2 heteroatoms. The van der Waals surface area contributed by atoms with Gasteiger partial charge in [0.25, 0.3) is 0 Å². The Kier molecular flexibility index (Phi) is 4.17. The summed E-state index contributed by atoms with van der Waals surface area (Å²) in [5, 5.41) is 0. The van der Waals surface area contributed by atoms with Gasteiger partial charge in [0.2, 0.25) is 0 Å². The maximum absolute atomic E-state index is 11.3. The Labute approximate surface area is 99.1 Å². The Morgan fingerprint density at radius 2 is 2.00 bits per heavy atom. The van der Waals surface area contributed by atoms with Crippen LogP contribution in [-0.4, -0.2) is 12.6 Å². The number of rotatable bonds is 3. The lowest BCUT2D eigenvalue weighted by Crippen LogP contribution is -2.29. The summed E-state index contributed by atoms with van der Waals surface area (Å²) in [6.07, 6.45) is 8.51. The van der Waals surface area contributed by atoms with Gasteiger partial charge in [-0.3, -0.25) is 0 Å². The Morgan fingerprint density at radius 1 is 1.31 bits per heavy atom. The summed E-state index contributed by atoms with van der Waals surface area (Å²) in [6, 6.07) is 0. The van der Waals surface area contributed by atoms with Crippen molar-refractivity contribution in [3.8, 4) is 0 Å². The molecule has 16 heavy (non-hydrogen) atoms. The van der Waals surface area contributed by atoms with Crippen LogP contribution in [0.5, 0.6) is 0 Å². The van der Waals surface area contributed by atoms with Crippen molar-refractivity contribution in [3.63, 3.8) is 0 Å². The van der Waals surface area contributed by atoms with Crippen molar-refractivity contribution in [1.82, 2.24) is 0 Å². The third-order valence-electron chi connectivity index (χ3n) is 3.39. The molecule has 2 nitrogen and oxygen atoms in total. The summed E-state index contributed by atoms with van der Waals surface area (Å²) in [6.45, 7) is 9.14. The molecule has 0 saturated heterocycles. The van der Waals surface area contributed by atoms with E-state index in [-0.39, 0.29) is 11.4 Å². The molecular formula is C14H24O2. The van der Waals surface area contributed by atoms with Crippen LogP contribution in [0.1, 0.15) is 53.4 Å². The standard InChI is InChI=1S/C14H24O2/c1-5-16-12(15)7-10-14(4)9-6-8-13(2,3)11-14/h7,10H,5-6,8-9,11H2,1-4H3. The molecule has 1 unspecified atom stereocenters. The summed E-state index contributed by atoms with van der Waals surface area (Å²) in [7, 11) is 0. The average Bonchev–Trinajstić information content (AvgIpc) is 2.13. The number of carbonyl (C=O) groups is 1. The smallest absolute Gasteiger partial charge is 0.330 e. The van der Waals surface area contributed by atoms with Gasteiger partial charge in [0, 0.05) is 6.08 Å². The highest BCUT2D eigenvalue weighted by Crippen LogP contribution is 2.46. The maximum Gasteiger partial charge on any atom is 0.330 e. The van der Waals surface area contributed by atoms with Crippen molar-refractivity contribution in [1.29, 1.82) is 0 Å². The van der Waals surface area contributed by atoms with Crippen LogP contribution in [-0.2, 0) is 9.53 Å². The first kappa shape index (κ1) is 13.3. The van der Waals surface area contributed by atoms with Crippen LogP contribution in [0.2, 0.25) is 0 Å². The fraction of sp³-hybridized carbons (Fsp3) is 0.786. The fourth-order valence-corrected chi connectivity index (χ4v) is 2.84. The van der Waals surface area contributed by atoms with Gasteiger partial charge in [-0.05, 0) is 37.0 Å². The summed E-state index contributed by atoms with van der Waals surface area (Å²) in [4.78, 5) is 11.3. The highest BCUT2D eigenvalue weighted by atomic mass is 16.5. The van der Waals surface area contributed by atoms with E-state index in [2.05, 4.69) is 20.8 Å². The van der Waals surface area contributed by atoms with E-state index in [9.17, 15) is 4.79 Å². The van der Waals surface area contributed by atoms with Gasteiger partial charge in [-0.2, -0.15) is 0 Å². The highest BCUT2D eigenvalue weighted by molar-refractivity contribution is 5.82. The summed E-state index contributed by atoms with van der Waals surface area (Å²) >= 11 is 0. The molecule has 0 aromatic rings. The first-order chi connectivity index (χ1) is 7.37. The minimum atomic E-state index is -0.216. The van der Waals surface area contributed by atoms with Crippen LogP contribution in [0, 0.1) is 10.8 Å². The van der Waals surface area contributed by atoms with Crippen LogP contribution < -0.4 is 0 Å². The molecule has 1 rings (SSSR count). The van der Waals surface area contributed by atoms with Crippen LogP contribution in [0.25, 0.3) is 0 Å². The van der Waals surface area contributed by atoms with Crippen molar-refractivity contribution < 1.29 is 9.53 Å². The third-order valence-corrected chi connectivity index (χ3v) is 3.39. The molecule has 1 aliphatic rings. The molecule has 0 aliphatic heterocycles. The molecule has 0 radical (unpaired) electrons. The van der Waals surface area contributed by atoms with Gasteiger partial charge in [0.05, 0.1) is 6.61 Å². The number of hydrogen-bond acceptors (Lipinski definition) is 2. The lowest BCUT2D eigenvalue weighted by molar-refractivity contribution is -0.137. The Hall–Kier alpha value is -0.790. The van der Waals surface area contributed by atoms with E-state index in [1.165, 1.54) is 19.3 Å². The van der Waals surface area contributed by atoms with Crippen molar-refractivity contribution in [2.45, 2.75) is 53.4 Å². The normalized spacial score (nSPS) is 29.2. The first-order valence-electron chi connectivity index (χ1n) is 6.23. The zero-order valence-electron chi connectivity index (χ0n) is 11.0. The van der Waals surface area contributed by atoms with Crippen molar-refractivity contribution in [2.75, 3.05) is 6.61 Å². The molecule has 0 bridgehead atoms. The molecular weight excluding hydrogens is 200 g/mol. The molecule has 92 valence electrons. The minimum Gasteiger partial charge on any atom is -0.463 e. The number of esters is 1. The lowest BCUT2D eigenvalue weighted by Gasteiger charge is -2.41. The topological polar surface area (TPSA) is 26.3 Å². The molecule has 0 heterocycles. The second kappa shape index (κ2) is 5.03. The van der Waals surface area contributed by atoms with Gasteiger partial charge in [-0.25, -0.2) is 4.79 Å². The quantitative estimate of drug-likeness (QED) is 0.539. The Morgan fingerprint density at radius 3 is 2.56 bits per heavy atom. The van der Waals surface area contributed by atoms with Crippen LogP contribution >= 0.6 is 0 Å². The van der Waals surface area contributed by atoms with Gasteiger partial charge in [-0.1, -0.05) is 33.3 Å². The van der Waals surface area contributed by atoms with Crippen LogP contribution in [0.4, 0.5) is 0 Å². The second-order valence-electron chi connectivity index (χ2n) is 5.93. The van der Waals surface area contributed by atoms with Crippen molar-refractivity contribution in [3.05, 3.63) is 12.2 Å². The SMILES string of the molecule is CCOC(=O)C=CC1(C)CCCC(C)(C)C1. The van der Waals surface area contributed by atoms with Gasteiger partial charge in [-0.15, -0.1) is 0 Å². The first-order valence-corrected chi connectivity index (χ1v) is 6.23. The third kappa shape index (κ3) is 3.99. The molecule has 0 aromatic heterocycles. The average molecular weight is 224 g/mol. The molecule has 1 atom stereocenters. The van der Waals surface area contributed by atoms with E-state index >= 15 is 0 Å². The van der Waals surface area contributed by atoms with Crippen molar-refractivity contribution >= 4 is 5.97 Å². The number of ether oxygens (including phenoxy) is 1. The number of carbonyl (C=O) groups excluding carboxylic acids is 1. The molecule has 1 fully saturated rings. The maximum atomic E-state index is 11.3. The summed E-state index contributed by atoms with van der Waals surface area (Å²) in [5.41, 5.74) is 0.556. The highest BCUT2D eigenvalue weighted by Gasteiger charge is 2.34. The van der Waals surface area contributed by atoms with Gasteiger partial charge >= 0.3 is 5.97 Å². The monoisotopic (exact) mass is 224 g/mol. The van der Waals surface area contributed by atoms with E-state index in [0.717, 1.165) is 6.42 Å². The predicted molar refractivity (Wildman–Crippen MR) is 66.1 cm³/mol. The van der Waals surface area contributed by atoms with Crippen LogP contribution in [0.15, 0.2) is 12.2 Å². The van der Waals surface area contributed by atoms with Gasteiger partial charge < -0.3 is 4.74 Å². The van der Waals surface area contributed by atoms with E-state index < -0.39 is 0 Å². The number of allylic oxidation sites excluding steroid dienone is 1. The van der Waals surface area contributed by atoms with Gasteiger partial charge in [0.1, 0.15) is 0 Å². The zero-order chi connectivity index (χ0) is 12.2. The van der Waals surface area contributed by atoms with E-state index in [4.69, 9.17) is 4.74 Å². The fourth-order valence-electron chi connectivity index (χ4n) is 2.84. The van der Waals surface area contributed by atoms with Crippen LogP contribution in [0.3, 0.4) is 0 Å². The van der Waals surface area contributed by atoms with Crippen molar-refractivity contribution in [2.24, 2.45) is 10.8 Å². The molecule has 0 N–H and O–H groups in total. The number of hydrogen-bond donors (Lipinski definition) is 0. The van der Waals surface area contributed by atoms with E-state index in [0.29, 0.717) is 12.0 Å².